The number of nitrogens with one attached hydrogen (secondary N) is 2. The molecule has 1 aliphatic rings. The van der Waals surface area contributed by atoms with Crippen molar-refractivity contribution in [1.82, 2.24) is 10.6 Å². The molecule has 2 amide bonds. The molecule has 2 aromatic carbocycles. The van der Waals surface area contributed by atoms with Crippen molar-refractivity contribution in [2.75, 3.05) is 6.61 Å². The van der Waals surface area contributed by atoms with E-state index in [4.69, 9.17) is 4.74 Å². The zero-order valence-corrected chi connectivity index (χ0v) is 20.1. The van der Waals surface area contributed by atoms with Crippen molar-refractivity contribution in [2.24, 2.45) is 0 Å². The largest absolute Gasteiger partial charge is 0.480 e. The summed E-state index contributed by atoms with van der Waals surface area (Å²) in [7, 11) is 0. The molecule has 0 radical (unpaired) electrons. The van der Waals surface area contributed by atoms with E-state index in [9.17, 15) is 19.5 Å². The van der Waals surface area contributed by atoms with Gasteiger partial charge in [0.2, 0.25) is 5.91 Å². The highest BCUT2D eigenvalue weighted by Crippen LogP contribution is 2.44. The summed E-state index contributed by atoms with van der Waals surface area (Å²) in [5.74, 6) is -1.50. The Morgan fingerprint density at radius 3 is 2.03 bits per heavy atom. The van der Waals surface area contributed by atoms with Crippen molar-refractivity contribution in [3.8, 4) is 11.1 Å². The SMILES string of the molecule is CCC[C@H](CC(=O)NC(CC)(CC)C(=O)O)NC(=O)OCC1c2ccccc2-c2ccccc21. The van der Waals surface area contributed by atoms with Crippen molar-refractivity contribution in [3.05, 3.63) is 59.7 Å². The van der Waals surface area contributed by atoms with Gasteiger partial charge in [0.1, 0.15) is 12.1 Å². The second kappa shape index (κ2) is 11.2. The molecular formula is C27H34N2O5. The van der Waals surface area contributed by atoms with Crippen LogP contribution in [-0.4, -0.2) is 41.3 Å². The topological polar surface area (TPSA) is 105 Å². The van der Waals surface area contributed by atoms with Crippen molar-refractivity contribution >= 4 is 18.0 Å². The van der Waals surface area contributed by atoms with E-state index in [1.54, 1.807) is 13.8 Å². The number of aliphatic carboxylic acids is 1. The summed E-state index contributed by atoms with van der Waals surface area (Å²) < 4.78 is 5.60. The van der Waals surface area contributed by atoms with E-state index in [0.29, 0.717) is 6.42 Å². The highest BCUT2D eigenvalue weighted by molar-refractivity contribution is 5.87. The number of alkyl carbamates (subject to hydrolysis) is 1. The predicted molar refractivity (Wildman–Crippen MR) is 131 cm³/mol. The molecule has 0 unspecified atom stereocenters. The molecule has 0 saturated carbocycles. The van der Waals surface area contributed by atoms with Gasteiger partial charge in [0, 0.05) is 18.4 Å². The molecule has 7 nitrogen and oxygen atoms in total. The molecule has 1 aliphatic carbocycles. The zero-order valence-electron chi connectivity index (χ0n) is 20.1. The highest BCUT2D eigenvalue weighted by Gasteiger charge is 2.37. The molecule has 2 aromatic rings. The standard InChI is InChI=1S/C27H34N2O5/c1-4-11-18(16-24(30)29-27(5-2,6-3)25(31)32)28-26(33)34-17-23-21-14-9-7-12-19(21)20-13-8-10-15-22(20)23/h7-10,12-15,18,23H,4-6,11,16-17H2,1-3H3,(H,28,33)(H,29,30)(H,31,32)/t18-/m1/s1. The third-order valence-electron chi connectivity index (χ3n) is 6.73. The first kappa shape index (κ1) is 25.3. The van der Waals surface area contributed by atoms with E-state index in [0.717, 1.165) is 28.7 Å². The third-order valence-corrected chi connectivity index (χ3v) is 6.73. The van der Waals surface area contributed by atoms with Crippen LogP contribution < -0.4 is 10.6 Å². The number of carboxylic acid groups (broad SMARTS) is 1. The molecule has 0 spiro atoms. The van der Waals surface area contributed by atoms with Gasteiger partial charge in [-0.25, -0.2) is 9.59 Å². The summed E-state index contributed by atoms with van der Waals surface area (Å²) in [6.07, 6.45) is 1.31. The Balaban J connectivity index is 1.61. The molecule has 7 heteroatoms. The van der Waals surface area contributed by atoms with E-state index in [-0.39, 0.29) is 31.8 Å². The number of ether oxygens (including phenoxy) is 1. The van der Waals surface area contributed by atoms with Crippen LogP contribution in [0.3, 0.4) is 0 Å². The maximum absolute atomic E-state index is 12.6. The van der Waals surface area contributed by atoms with Crippen molar-refractivity contribution < 1.29 is 24.2 Å². The first-order valence-electron chi connectivity index (χ1n) is 12.0. The second-order valence-electron chi connectivity index (χ2n) is 8.80. The quantitative estimate of drug-likeness (QED) is 0.439. The number of fused-ring (bicyclic) bond motifs is 3. The fourth-order valence-corrected chi connectivity index (χ4v) is 4.70. The van der Waals surface area contributed by atoms with E-state index < -0.39 is 29.6 Å². The lowest BCUT2D eigenvalue weighted by Gasteiger charge is -2.29. The summed E-state index contributed by atoms with van der Waals surface area (Å²) in [6.45, 7) is 5.62. The minimum atomic E-state index is -1.29. The number of carboxylic acids is 1. The smallest absolute Gasteiger partial charge is 0.407 e. The molecule has 0 heterocycles. The fraction of sp³-hybridized carbons (Fsp3) is 0.444. The van der Waals surface area contributed by atoms with Crippen molar-refractivity contribution in [2.45, 2.75) is 70.4 Å². The second-order valence-corrected chi connectivity index (χ2v) is 8.80. The van der Waals surface area contributed by atoms with Crippen molar-refractivity contribution in [3.63, 3.8) is 0 Å². The number of rotatable bonds is 11. The fourth-order valence-electron chi connectivity index (χ4n) is 4.70. The van der Waals surface area contributed by atoms with E-state index in [1.807, 2.05) is 31.2 Å². The summed E-state index contributed by atoms with van der Waals surface area (Å²) in [5, 5.41) is 15.0. The molecule has 0 aliphatic heterocycles. The molecule has 3 N–H and O–H groups in total. The molecule has 34 heavy (non-hydrogen) atoms. The predicted octanol–water partition coefficient (Wildman–Crippen LogP) is 4.84. The van der Waals surface area contributed by atoms with Gasteiger partial charge >= 0.3 is 12.1 Å². The summed E-state index contributed by atoms with van der Waals surface area (Å²) in [5.41, 5.74) is 3.27. The first-order chi connectivity index (χ1) is 16.3. The van der Waals surface area contributed by atoms with Crippen LogP contribution in [0.25, 0.3) is 11.1 Å². The average molecular weight is 467 g/mol. The Morgan fingerprint density at radius 2 is 1.53 bits per heavy atom. The molecule has 0 aromatic heterocycles. The normalized spacial score (nSPS) is 13.5. The number of carbonyl (C=O) groups excluding carboxylic acids is 2. The molecule has 0 fully saturated rings. The highest BCUT2D eigenvalue weighted by atomic mass is 16.5. The Morgan fingerprint density at radius 1 is 0.971 bits per heavy atom. The Labute approximate surface area is 200 Å². The Kier molecular flexibility index (Phi) is 8.31. The molecule has 182 valence electrons. The summed E-state index contributed by atoms with van der Waals surface area (Å²) >= 11 is 0. The minimum Gasteiger partial charge on any atom is -0.480 e. The van der Waals surface area contributed by atoms with Crippen LogP contribution in [0.2, 0.25) is 0 Å². The van der Waals surface area contributed by atoms with E-state index in [1.165, 1.54) is 0 Å². The van der Waals surface area contributed by atoms with Gasteiger partial charge in [-0.05, 0) is 41.5 Å². The van der Waals surface area contributed by atoms with Gasteiger partial charge in [-0.1, -0.05) is 75.7 Å². The molecule has 3 rings (SSSR count). The molecule has 0 saturated heterocycles. The molecule has 0 bridgehead atoms. The summed E-state index contributed by atoms with van der Waals surface area (Å²) in [4.78, 5) is 36.9. The van der Waals surface area contributed by atoms with Gasteiger partial charge in [-0.2, -0.15) is 0 Å². The summed E-state index contributed by atoms with van der Waals surface area (Å²) in [6, 6.07) is 15.8. The van der Waals surface area contributed by atoms with E-state index in [2.05, 4.69) is 34.9 Å². The number of benzene rings is 2. The lowest BCUT2D eigenvalue weighted by Crippen LogP contribution is -2.54. The van der Waals surface area contributed by atoms with Gasteiger partial charge < -0.3 is 20.5 Å². The molecular weight excluding hydrogens is 432 g/mol. The number of hydrogen-bond donors (Lipinski definition) is 3. The van der Waals surface area contributed by atoms with Crippen molar-refractivity contribution in [1.29, 1.82) is 0 Å². The van der Waals surface area contributed by atoms with Crippen LogP contribution >= 0.6 is 0 Å². The number of amides is 2. The lowest BCUT2D eigenvalue weighted by molar-refractivity contribution is -0.148. The van der Waals surface area contributed by atoms with Gasteiger partial charge in [0.05, 0.1) is 0 Å². The molecule has 1 atom stereocenters. The van der Waals surface area contributed by atoms with Gasteiger partial charge in [-0.15, -0.1) is 0 Å². The van der Waals surface area contributed by atoms with Crippen LogP contribution in [0, 0.1) is 0 Å². The van der Waals surface area contributed by atoms with Crippen LogP contribution in [0.15, 0.2) is 48.5 Å². The van der Waals surface area contributed by atoms with Crippen LogP contribution in [-0.2, 0) is 14.3 Å². The van der Waals surface area contributed by atoms with Gasteiger partial charge in [0.25, 0.3) is 0 Å². The zero-order chi connectivity index (χ0) is 24.7. The van der Waals surface area contributed by atoms with Gasteiger partial charge in [0.15, 0.2) is 0 Å². The Hall–Kier alpha value is -3.35. The van der Waals surface area contributed by atoms with E-state index >= 15 is 0 Å². The maximum atomic E-state index is 12.6. The number of hydrogen-bond acceptors (Lipinski definition) is 4. The average Bonchev–Trinajstić information content (AvgIpc) is 3.15. The monoisotopic (exact) mass is 466 g/mol. The van der Waals surface area contributed by atoms with Crippen LogP contribution in [0.1, 0.15) is 69.9 Å². The maximum Gasteiger partial charge on any atom is 0.407 e. The third kappa shape index (κ3) is 5.41. The number of carbonyl (C=O) groups is 3. The lowest BCUT2D eigenvalue weighted by atomic mass is 9.92. The first-order valence-corrected chi connectivity index (χ1v) is 12.0. The van der Waals surface area contributed by atoms with Gasteiger partial charge in [-0.3, -0.25) is 4.79 Å². The van der Waals surface area contributed by atoms with Crippen LogP contribution in [0.5, 0.6) is 0 Å². The van der Waals surface area contributed by atoms with Crippen LogP contribution in [0.4, 0.5) is 4.79 Å². The Bertz CT molecular complexity index is 986. The minimum absolute atomic E-state index is 0.00688.